The number of carbonyl (C=O) groups is 1. The van der Waals surface area contributed by atoms with Crippen LogP contribution in [-0.4, -0.2) is 68.9 Å². The second-order valence-corrected chi connectivity index (χ2v) is 11.4. The molecule has 4 aromatic rings. The molecule has 210 valence electrons. The van der Waals surface area contributed by atoms with E-state index in [0.29, 0.717) is 41.5 Å². The molecule has 2 bridgehead atoms. The molecule has 1 aliphatic heterocycles. The molecule has 4 heterocycles. The minimum Gasteiger partial charge on any atom is -0.477 e. The van der Waals surface area contributed by atoms with Crippen molar-refractivity contribution in [2.45, 2.75) is 39.2 Å². The maximum absolute atomic E-state index is 13.7. The number of fused-ring (bicyclic) bond motifs is 7. The van der Waals surface area contributed by atoms with E-state index in [1.54, 1.807) is 23.0 Å². The van der Waals surface area contributed by atoms with Gasteiger partial charge in [0.2, 0.25) is 11.8 Å². The maximum atomic E-state index is 13.7. The number of benzene rings is 1. The van der Waals surface area contributed by atoms with Crippen LogP contribution in [0.1, 0.15) is 41.7 Å². The van der Waals surface area contributed by atoms with Crippen LogP contribution in [0.3, 0.4) is 0 Å². The van der Waals surface area contributed by atoms with E-state index in [1.165, 1.54) is 12.8 Å². The summed E-state index contributed by atoms with van der Waals surface area (Å²) in [6, 6.07) is 9.87. The molecule has 10 heteroatoms. The summed E-state index contributed by atoms with van der Waals surface area (Å²) < 4.78 is 10.2. The van der Waals surface area contributed by atoms with Crippen molar-refractivity contribution in [1.82, 2.24) is 29.2 Å². The van der Waals surface area contributed by atoms with Crippen LogP contribution in [0.2, 0.25) is 0 Å². The molecule has 0 saturated heterocycles. The lowest BCUT2D eigenvalue weighted by Gasteiger charge is -2.20. The number of amides is 1. The zero-order chi connectivity index (χ0) is 27.8. The Balaban J connectivity index is 1.40. The first kappa shape index (κ1) is 26.3. The fourth-order valence-electron chi connectivity index (χ4n) is 5.61. The van der Waals surface area contributed by atoms with E-state index in [2.05, 4.69) is 51.4 Å². The fraction of sp³-hybridized carbons (Fsp3) is 0.467. The maximum Gasteiger partial charge on any atom is 0.258 e. The van der Waals surface area contributed by atoms with Gasteiger partial charge in [-0.25, -0.2) is 9.67 Å². The van der Waals surface area contributed by atoms with Gasteiger partial charge in [0, 0.05) is 43.6 Å². The van der Waals surface area contributed by atoms with E-state index < -0.39 is 0 Å². The number of pyridine rings is 1. The van der Waals surface area contributed by atoms with E-state index in [4.69, 9.17) is 14.7 Å². The zero-order valence-electron chi connectivity index (χ0n) is 23.8. The average molecular weight is 543 g/mol. The van der Waals surface area contributed by atoms with Gasteiger partial charge in [0.05, 0.1) is 35.1 Å². The highest BCUT2D eigenvalue weighted by Gasteiger charge is 2.32. The number of likely N-dealkylation sites (N-methyl/N-ethyl adjacent to an activating group) is 1. The standard InChI is InChI=1S/C30H38N8O2/c1-19-14-22-15-26(33-19)24-17-32-37(4)29(24)40-13-5-6-21(20-7-8-20)18-38-27-16-23(31-11-12-36(2)3)9-10-25(27)34-30(38)35-28(22)39/h9-10,14-17,20-21,31H,5-8,11-13,18H2,1-4H3,(H,34,35,39)/t21-/m1/s1. The Morgan fingerprint density at radius 2 is 1.98 bits per heavy atom. The summed E-state index contributed by atoms with van der Waals surface area (Å²) in [5.41, 5.74) is 5.68. The first-order chi connectivity index (χ1) is 19.4. The van der Waals surface area contributed by atoms with Crippen molar-refractivity contribution in [1.29, 1.82) is 0 Å². The number of aromatic nitrogens is 5. The number of rotatable bonds is 5. The van der Waals surface area contributed by atoms with Crippen LogP contribution in [0.15, 0.2) is 36.5 Å². The predicted molar refractivity (Wildman–Crippen MR) is 157 cm³/mol. The number of carbonyl (C=O) groups excluding carboxylic acids is 1. The molecule has 1 aliphatic carbocycles. The first-order valence-electron chi connectivity index (χ1n) is 14.2. The quantitative estimate of drug-likeness (QED) is 0.381. The summed E-state index contributed by atoms with van der Waals surface area (Å²) >= 11 is 0. The first-order valence-corrected chi connectivity index (χ1v) is 14.2. The van der Waals surface area contributed by atoms with Crippen molar-refractivity contribution in [3.05, 3.63) is 47.8 Å². The molecule has 10 nitrogen and oxygen atoms in total. The SMILES string of the molecule is Cc1cc2cc(n1)-c1cnn(C)c1OCCC[C@@H](C1CC1)Cn1c(nc3ccc(NCCN(C)C)cc31)NC2=O. The third kappa shape index (κ3) is 5.54. The third-order valence-electron chi connectivity index (χ3n) is 7.90. The van der Waals surface area contributed by atoms with Crippen molar-refractivity contribution in [3.63, 3.8) is 0 Å². The minimum atomic E-state index is -0.211. The number of imidazole rings is 1. The molecule has 1 saturated carbocycles. The van der Waals surface area contributed by atoms with Crippen molar-refractivity contribution in [2.24, 2.45) is 18.9 Å². The summed E-state index contributed by atoms with van der Waals surface area (Å²) in [6.07, 6.45) is 6.23. The Hall–Kier alpha value is -3.92. The van der Waals surface area contributed by atoms with Crippen LogP contribution in [0.25, 0.3) is 22.3 Å². The molecule has 1 amide bonds. The highest BCUT2D eigenvalue weighted by Crippen LogP contribution is 2.41. The smallest absolute Gasteiger partial charge is 0.258 e. The van der Waals surface area contributed by atoms with Crippen LogP contribution in [-0.2, 0) is 13.6 Å². The van der Waals surface area contributed by atoms with Gasteiger partial charge in [0.1, 0.15) is 0 Å². The van der Waals surface area contributed by atoms with Gasteiger partial charge in [0.25, 0.3) is 5.91 Å². The topological polar surface area (TPSA) is 102 Å². The van der Waals surface area contributed by atoms with Crippen LogP contribution in [0.4, 0.5) is 11.6 Å². The monoisotopic (exact) mass is 542 g/mol. The zero-order valence-corrected chi connectivity index (χ0v) is 23.8. The van der Waals surface area contributed by atoms with Crippen molar-refractivity contribution >= 4 is 28.6 Å². The van der Waals surface area contributed by atoms with Gasteiger partial charge in [-0.1, -0.05) is 0 Å². The fourth-order valence-corrected chi connectivity index (χ4v) is 5.61. The Kier molecular flexibility index (Phi) is 7.18. The van der Waals surface area contributed by atoms with Gasteiger partial charge in [-0.3, -0.25) is 15.1 Å². The number of nitrogens with one attached hydrogen (secondary N) is 2. The van der Waals surface area contributed by atoms with Gasteiger partial charge in [-0.2, -0.15) is 5.10 Å². The largest absolute Gasteiger partial charge is 0.477 e. The van der Waals surface area contributed by atoms with Gasteiger partial charge in [-0.15, -0.1) is 0 Å². The summed E-state index contributed by atoms with van der Waals surface area (Å²) in [4.78, 5) is 25.4. The summed E-state index contributed by atoms with van der Waals surface area (Å²) in [5.74, 6) is 2.21. The number of aryl methyl sites for hydroxylation is 2. The molecular formula is C30H38N8O2. The number of hydrogen-bond acceptors (Lipinski definition) is 7. The van der Waals surface area contributed by atoms with Gasteiger partial charge in [0.15, 0.2) is 0 Å². The normalized spacial score (nSPS) is 17.9. The predicted octanol–water partition coefficient (Wildman–Crippen LogP) is 4.56. The van der Waals surface area contributed by atoms with Crippen LogP contribution in [0.5, 0.6) is 5.88 Å². The van der Waals surface area contributed by atoms with Gasteiger partial charge >= 0.3 is 0 Å². The number of hydrogen-bond donors (Lipinski definition) is 2. The van der Waals surface area contributed by atoms with E-state index in [9.17, 15) is 4.79 Å². The molecule has 0 radical (unpaired) electrons. The molecule has 1 atom stereocenters. The Bertz CT molecular complexity index is 1530. The second-order valence-electron chi connectivity index (χ2n) is 11.4. The number of anilines is 2. The highest BCUT2D eigenvalue weighted by molar-refractivity contribution is 6.05. The van der Waals surface area contributed by atoms with Gasteiger partial charge < -0.3 is 19.5 Å². The van der Waals surface area contributed by atoms with E-state index in [1.807, 2.05) is 20.0 Å². The Labute approximate surface area is 234 Å². The molecule has 3 aromatic heterocycles. The molecule has 1 aromatic carbocycles. The third-order valence-corrected chi connectivity index (χ3v) is 7.90. The van der Waals surface area contributed by atoms with Crippen LogP contribution < -0.4 is 15.4 Å². The summed E-state index contributed by atoms with van der Waals surface area (Å²) in [6.45, 7) is 5.09. The molecule has 40 heavy (non-hydrogen) atoms. The van der Waals surface area contributed by atoms with Crippen molar-refractivity contribution in [3.8, 4) is 17.1 Å². The van der Waals surface area contributed by atoms with Crippen molar-refractivity contribution in [2.75, 3.05) is 44.4 Å². The summed E-state index contributed by atoms with van der Waals surface area (Å²) in [7, 11) is 6.01. The lowest BCUT2D eigenvalue weighted by Crippen LogP contribution is -2.21. The number of ether oxygens (including phenoxy) is 1. The Morgan fingerprint density at radius 3 is 2.77 bits per heavy atom. The van der Waals surface area contributed by atoms with Crippen LogP contribution in [0, 0.1) is 18.8 Å². The number of nitrogens with zero attached hydrogens (tertiary/aromatic N) is 6. The molecule has 6 rings (SSSR count). The lowest BCUT2D eigenvalue weighted by atomic mass is 9.97. The molecule has 1 fully saturated rings. The molecule has 2 aliphatic rings. The van der Waals surface area contributed by atoms with E-state index >= 15 is 0 Å². The molecule has 2 N–H and O–H groups in total. The van der Waals surface area contributed by atoms with Crippen LogP contribution >= 0.6 is 0 Å². The molecular weight excluding hydrogens is 504 g/mol. The van der Waals surface area contributed by atoms with E-state index in [-0.39, 0.29) is 5.91 Å². The highest BCUT2D eigenvalue weighted by atomic mass is 16.5. The summed E-state index contributed by atoms with van der Waals surface area (Å²) in [5, 5.41) is 11.1. The lowest BCUT2D eigenvalue weighted by molar-refractivity contribution is 0.102. The van der Waals surface area contributed by atoms with Gasteiger partial charge in [-0.05, 0) is 88.9 Å². The molecule has 0 spiro atoms. The van der Waals surface area contributed by atoms with Crippen molar-refractivity contribution < 1.29 is 9.53 Å². The molecule has 0 unspecified atom stereocenters. The van der Waals surface area contributed by atoms with E-state index in [0.717, 1.165) is 60.5 Å². The Morgan fingerprint density at radius 1 is 1.12 bits per heavy atom. The average Bonchev–Trinajstić information content (AvgIpc) is 3.62. The second kappa shape index (κ2) is 10.9. The minimum absolute atomic E-state index is 0.211.